The van der Waals surface area contributed by atoms with Gasteiger partial charge in [0.05, 0.1) is 48.1 Å². The number of carbonyl (C=O) groups is 1. The summed E-state index contributed by atoms with van der Waals surface area (Å²) >= 11 is 0. The fraction of sp³-hybridized carbons (Fsp3) is 0.483. The lowest BCUT2D eigenvalue weighted by molar-refractivity contribution is 0.0538. The lowest BCUT2D eigenvalue weighted by atomic mass is 10.0. The van der Waals surface area contributed by atoms with Gasteiger partial charge >= 0.3 is 0 Å². The van der Waals surface area contributed by atoms with Crippen LogP contribution >= 0.6 is 0 Å². The van der Waals surface area contributed by atoms with Crippen LogP contribution in [0.5, 0.6) is 0 Å². The van der Waals surface area contributed by atoms with Crippen LogP contribution in [-0.2, 0) is 9.47 Å². The number of nitrogens with one attached hydrogen (secondary N) is 1. The van der Waals surface area contributed by atoms with Gasteiger partial charge < -0.3 is 19.4 Å². The average Bonchev–Trinajstić information content (AvgIpc) is 3.38. The fourth-order valence-electron chi connectivity index (χ4n) is 5.71. The van der Waals surface area contributed by atoms with Crippen molar-refractivity contribution in [2.45, 2.75) is 45.2 Å². The van der Waals surface area contributed by atoms with E-state index in [1.54, 1.807) is 19.6 Å². The maximum Gasteiger partial charge on any atom is 0.259 e. The molecule has 5 rings (SSSR count). The highest BCUT2D eigenvalue weighted by atomic mass is 16.5. The van der Waals surface area contributed by atoms with Crippen LogP contribution in [0.15, 0.2) is 47.6 Å². The zero-order valence-corrected chi connectivity index (χ0v) is 22.5. The third kappa shape index (κ3) is 5.00. The molecule has 2 saturated heterocycles. The minimum absolute atomic E-state index is 0.0131. The van der Waals surface area contributed by atoms with Gasteiger partial charge in [-0.05, 0) is 56.4 Å². The Morgan fingerprint density at radius 1 is 1.26 bits per heavy atom. The minimum Gasteiger partial charge on any atom is -0.504 e. The Hall–Kier alpha value is -3.43. The van der Waals surface area contributed by atoms with Gasteiger partial charge in [-0.15, -0.1) is 6.58 Å². The number of hydrogen-bond acceptors (Lipinski definition) is 6. The topological polar surface area (TPSA) is 92.7 Å². The molecule has 9 heteroatoms. The van der Waals surface area contributed by atoms with E-state index >= 15 is 0 Å². The number of methoxy groups -OCH3 is 1. The number of rotatable bonds is 7. The maximum absolute atomic E-state index is 13.9. The van der Waals surface area contributed by atoms with Crippen molar-refractivity contribution in [3.63, 3.8) is 0 Å². The molecule has 38 heavy (non-hydrogen) atoms. The lowest BCUT2D eigenvalue weighted by Gasteiger charge is -2.40. The number of nitrogens with zero attached hydrogens (tertiary/aromatic N) is 4. The molecule has 1 atom stereocenters. The Morgan fingerprint density at radius 3 is 2.79 bits per heavy atom. The van der Waals surface area contributed by atoms with Gasteiger partial charge in [0.15, 0.2) is 0 Å². The number of H-pyrrole nitrogens is 1. The van der Waals surface area contributed by atoms with Gasteiger partial charge in [0.25, 0.3) is 11.5 Å². The molecule has 2 fully saturated rings. The Bertz CT molecular complexity index is 1430. The van der Waals surface area contributed by atoms with Crippen molar-refractivity contribution in [1.29, 1.82) is 0 Å². The Kier molecular flexibility index (Phi) is 7.67. The number of fused-ring (bicyclic) bond motifs is 3. The van der Waals surface area contributed by atoms with Gasteiger partial charge in [0.2, 0.25) is 0 Å². The third-order valence-electron chi connectivity index (χ3n) is 7.85. The molecular weight excluding hydrogens is 482 g/mol. The van der Waals surface area contributed by atoms with Crippen molar-refractivity contribution in [2.24, 2.45) is 0 Å². The Balaban J connectivity index is 1.46. The summed E-state index contributed by atoms with van der Waals surface area (Å²) in [6.45, 7) is 12.5. The van der Waals surface area contributed by atoms with E-state index in [2.05, 4.69) is 28.5 Å². The molecule has 4 heterocycles. The molecule has 1 unspecified atom stereocenters. The van der Waals surface area contributed by atoms with Gasteiger partial charge in [-0.1, -0.05) is 6.08 Å². The summed E-state index contributed by atoms with van der Waals surface area (Å²) in [7, 11) is 1.66. The molecule has 0 saturated carbocycles. The molecule has 0 radical (unpaired) electrons. The lowest BCUT2D eigenvalue weighted by Crippen LogP contribution is -2.54. The van der Waals surface area contributed by atoms with Crippen molar-refractivity contribution in [2.75, 3.05) is 46.5 Å². The second kappa shape index (κ2) is 11.1. The Labute approximate surface area is 222 Å². The van der Waals surface area contributed by atoms with Crippen LogP contribution in [0, 0.1) is 6.92 Å². The monoisotopic (exact) mass is 519 g/mol. The Morgan fingerprint density at radius 2 is 2.05 bits per heavy atom. The predicted molar refractivity (Wildman–Crippen MR) is 149 cm³/mol. The summed E-state index contributed by atoms with van der Waals surface area (Å²) in [5, 5.41) is 5.99. The van der Waals surface area contributed by atoms with Crippen LogP contribution in [0.25, 0.3) is 21.8 Å². The zero-order valence-electron chi connectivity index (χ0n) is 22.5. The van der Waals surface area contributed by atoms with Crippen molar-refractivity contribution >= 4 is 27.7 Å². The summed E-state index contributed by atoms with van der Waals surface area (Å²) in [6, 6.07) is 3.93. The highest BCUT2D eigenvalue weighted by Crippen LogP contribution is 2.30. The van der Waals surface area contributed by atoms with E-state index in [-0.39, 0.29) is 23.6 Å². The summed E-state index contributed by atoms with van der Waals surface area (Å²) in [4.78, 5) is 34.1. The predicted octanol–water partition coefficient (Wildman–Crippen LogP) is 3.79. The van der Waals surface area contributed by atoms with Crippen LogP contribution in [0.2, 0.25) is 0 Å². The van der Waals surface area contributed by atoms with Crippen LogP contribution in [0.1, 0.15) is 48.1 Å². The average molecular weight is 520 g/mol. The molecule has 202 valence electrons. The molecule has 2 aliphatic rings. The van der Waals surface area contributed by atoms with E-state index in [0.717, 1.165) is 60.9 Å². The largest absolute Gasteiger partial charge is 0.504 e. The number of benzene rings is 1. The molecule has 2 aliphatic heterocycles. The highest BCUT2D eigenvalue weighted by molar-refractivity contribution is 6.07. The van der Waals surface area contributed by atoms with E-state index in [1.165, 1.54) is 5.57 Å². The quantitative estimate of drug-likeness (QED) is 0.377. The van der Waals surface area contributed by atoms with Crippen molar-refractivity contribution in [3.05, 3.63) is 64.3 Å². The SMILES string of the molecule is C=CC1CN(CCC(C)=COC)CCN1C(=O)c1cc2c(cc1C)[nH]c(=O)c1cnn(C3CCOCC3)c12. The van der Waals surface area contributed by atoms with E-state index < -0.39 is 0 Å². The van der Waals surface area contributed by atoms with Gasteiger partial charge in [-0.25, -0.2) is 0 Å². The van der Waals surface area contributed by atoms with Crippen LogP contribution in [0.3, 0.4) is 0 Å². The molecule has 3 aromatic rings. The van der Waals surface area contributed by atoms with Crippen LogP contribution in [-0.4, -0.2) is 83.0 Å². The molecule has 2 aromatic heterocycles. The first kappa shape index (κ1) is 26.2. The standard InChI is InChI=1S/C29H37N5O4/c1-5-21-17-32(9-6-19(2)18-37-4)10-11-33(21)29(36)23-15-24-26(14-20(23)3)31-28(35)25-16-30-34(27(24)25)22-7-12-38-13-8-22/h5,14-16,18,21-22H,1,6-13,17H2,2-4H3,(H,31,35). The van der Waals surface area contributed by atoms with Crippen LogP contribution < -0.4 is 5.56 Å². The van der Waals surface area contributed by atoms with E-state index in [1.807, 2.05) is 34.7 Å². The maximum atomic E-state index is 13.9. The summed E-state index contributed by atoms with van der Waals surface area (Å²) < 4.78 is 12.6. The molecule has 0 aliphatic carbocycles. The molecule has 9 nitrogen and oxygen atoms in total. The first-order valence-corrected chi connectivity index (χ1v) is 13.4. The van der Waals surface area contributed by atoms with Gasteiger partial charge in [0.1, 0.15) is 0 Å². The second-order valence-electron chi connectivity index (χ2n) is 10.4. The molecule has 1 aromatic carbocycles. The number of pyridine rings is 1. The number of amides is 1. The highest BCUT2D eigenvalue weighted by Gasteiger charge is 2.30. The van der Waals surface area contributed by atoms with Crippen LogP contribution in [0.4, 0.5) is 0 Å². The van der Waals surface area contributed by atoms with Gasteiger partial charge in [-0.3, -0.25) is 19.2 Å². The molecule has 1 N–H and O–H groups in total. The number of aromatic nitrogens is 3. The first-order chi connectivity index (χ1) is 18.4. The van der Waals surface area contributed by atoms with E-state index in [0.29, 0.717) is 30.7 Å². The third-order valence-corrected chi connectivity index (χ3v) is 7.85. The number of carbonyl (C=O) groups excluding carboxylic acids is 1. The number of hydrogen-bond donors (Lipinski definition) is 1. The normalized spacial score (nSPS) is 19.8. The summed E-state index contributed by atoms with van der Waals surface area (Å²) in [5.74, 6) is -0.0131. The molecule has 0 bridgehead atoms. The second-order valence-corrected chi connectivity index (χ2v) is 10.4. The minimum atomic E-state index is -0.164. The number of ether oxygens (including phenoxy) is 2. The van der Waals surface area contributed by atoms with Gasteiger partial charge in [0, 0.05) is 50.3 Å². The zero-order chi connectivity index (χ0) is 26.8. The van der Waals surface area contributed by atoms with Crippen molar-refractivity contribution < 1.29 is 14.3 Å². The summed E-state index contributed by atoms with van der Waals surface area (Å²) in [6.07, 6.45) is 7.90. The summed E-state index contributed by atoms with van der Waals surface area (Å²) in [5.41, 5.74) is 4.01. The molecular formula is C29H37N5O4. The number of aromatic amines is 1. The smallest absolute Gasteiger partial charge is 0.259 e. The van der Waals surface area contributed by atoms with Crippen molar-refractivity contribution in [3.8, 4) is 0 Å². The first-order valence-electron chi connectivity index (χ1n) is 13.4. The number of piperazine rings is 1. The number of aryl methyl sites for hydroxylation is 1. The fourth-order valence-corrected chi connectivity index (χ4v) is 5.71. The molecule has 1 amide bonds. The van der Waals surface area contributed by atoms with Gasteiger partial charge in [-0.2, -0.15) is 5.10 Å². The van der Waals surface area contributed by atoms with E-state index in [9.17, 15) is 9.59 Å². The van der Waals surface area contributed by atoms with Crippen molar-refractivity contribution in [1.82, 2.24) is 24.6 Å². The molecule has 0 spiro atoms. The van der Waals surface area contributed by atoms with E-state index in [4.69, 9.17) is 9.47 Å².